The summed E-state index contributed by atoms with van der Waals surface area (Å²) < 4.78 is 53.9. The number of alkyl halides is 3. The number of sulfonamides is 1. The molecule has 4 nitrogen and oxygen atoms in total. The third-order valence-electron chi connectivity index (χ3n) is 2.29. The molecule has 1 atom stereocenters. The summed E-state index contributed by atoms with van der Waals surface area (Å²) in [6.45, 7) is -1.31. The molecule has 108 valence electrons. The molecule has 1 unspecified atom stereocenters. The molecule has 0 heterocycles. The Morgan fingerprint density at radius 3 is 2.68 bits per heavy atom. The second kappa shape index (κ2) is 7.02. The summed E-state index contributed by atoms with van der Waals surface area (Å²) in [6, 6.07) is 5.30. The van der Waals surface area contributed by atoms with Crippen LogP contribution in [0, 0.1) is 0 Å². The average Bonchev–Trinajstić information content (AvgIpc) is 2.27. The van der Waals surface area contributed by atoms with E-state index in [0.29, 0.717) is 5.56 Å². The third-order valence-corrected chi connectivity index (χ3v) is 4.15. The fourth-order valence-electron chi connectivity index (χ4n) is 1.46. The highest BCUT2D eigenvalue weighted by molar-refractivity contribution is 7.89. The molecule has 0 aliphatic heterocycles. The Morgan fingerprint density at radius 1 is 1.42 bits per heavy atom. The lowest BCUT2D eigenvalue weighted by molar-refractivity contribution is -0.0499. The van der Waals surface area contributed by atoms with Crippen molar-refractivity contribution in [1.29, 1.82) is 0 Å². The van der Waals surface area contributed by atoms with E-state index in [1.807, 2.05) is 0 Å². The number of hydrogen-bond acceptors (Lipinski definition) is 3. The zero-order chi connectivity index (χ0) is 14.5. The van der Waals surface area contributed by atoms with Crippen LogP contribution in [0.25, 0.3) is 0 Å². The molecule has 1 aromatic rings. The topological polar surface area (TPSA) is 55.4 Å². The zero-order valence-corrected chi connectivity index (χ0v) is 11.7. The molecule has 0 aliphatic carbocycles. The van der Waals surface area contributed by atoms with Crippen LogP contribution in [-0.4, -0.2) is 26.7 Å². The average molecular weight is 314 g/mol. The van der Waals surface area contributed by atoms with Crippen LogP contribution < -0.4 is 9.46 Å². The predicted molar refractivity (Wildman–Crippen MR) is 69.1 cm³/mol. The minimum absolute atomic E-state index is 0.0173. The van der Waals surface area contributed by atoms with Crippen molar-refractivity contribution in [3.63, 3.8) is 0 Å². The van der Waals surface area contributed by atoms with Gasteiger partial charge in [0.2, 0.25) is 10.0 Å². The molecule has 0 radical (unpaired) electrons. The lowest BCUT2D eigenvalue weighted by Gasteiger charge is -2.15. The van der Waals surface area contributed by atoms with Crippen LogP contribution in [0.5, 0.6) is 5.75 Å². The molecular formula is C11H14ClF2NO3S. The summed E-state index contributed by atoms with van der Waals surface area (Å²) in [6.07, 6.45) is 0. The molecule has 1 aromatic carbocycles. The summed E-state index contributed by atoms with van der Waals surface area (Å²) in [7, 11) is -3.49. The van der Waals surface area contributed by atoms with Crippen LogP contribution in [0.3, 0.4) is 0 Å². The fraction of sp³-hybridized carbons (Fsp3) is 0.455. The van der Waals surface area contributed by atoms with Crippen LogP contribution in [0.4, 0.5) is 8.78 Å². The van der Waals surface area contributed by atoms with E-state index in [-0.39, 0.29) is 17.4 Å². The number of ether oxygens (including phenoxy) is 1. The van der Waals surface area contributed by atoms with Gasteiger partial charge in [-0.1, -0.05) is 12.1 Å². The largest absolute Gasteiger partial charge is 0.435 e. The maximum absolute atomic E-state index is 12.1. The van der Waals surface area contributed by atoms with Gasteiger partial charge in [-0.3, -0.25) is 0 Å². The maximum Gasteiger partial charge on any atom is 0.387 e. The molecule has 0 saturated heterocycles. The van der Waals surface area contributed by atoms with Gasteiger partial charge >= 0.3 is 6.61 Å². The van der Waals surface area contributed by atoms with Crippen molar-refractivity contribution in [3.05, 3.63) is 29.8 Å². The van der Waals surface area contributed by atoms with E-state index in [0.717, 1.165) is 0 Å². The molecule has 0 aromatic heterocycles. The number of hydrogen-bond donors (Lipinski definition) is 1. The van der Waals surface area contributed by atoms with Crippen LogP contribution in [0.15, 0.2) is 24.3 Å². The maximum atomic E-state index is 12.1. The van der Waals surface area contributed by atoms with Gasteiger partial charge in [0, 0.05) is 11.9 Å². The van der Waals surface area contributed by atoms with E-state index in [9.17, 15) is 17.2 Å². The number of halogens is 3. The van der Waals surface area contributed by atoms with Gasteiger partial charge in [-0.2, -0.15) is 8.78 Å². The first kappa shape index (κ1) is 16.1. The van der Waals surface area contributed by atoms with E-state index < -0.39 is 22.7 Å². The predicted octanol–water partition coefficient (Wildman–Crippen LogP) is 2.51. The summed E-state index contributed by atoms with van der Waals surface area (Å²) in [5, 5.41) is 0. The van der Waals surface area contributed by atoms with E-state index in [1.54, 1.807) is 13.0 Å². The molecule has 1 N–H and O–H groups in total. The first-order valence-corrected chi connectivity index (χ1v) is 7.63. The smallest absolute Gasteiger partial charge is 0.387 e. The molecule has 0 fully saturated rings. The van der Waals surface area contributed by atoms with Crippen LogP contribution in [-0.2, 0) is 10.0 Å². The SMILES string of the molecule is CC(NS(=O)(=O)CCCl)c1cccc(OC(F)F)c1. The summed E-state index contributed by atoms with van der Waals surface area (Å²) >= 11 is 5.38. The minimum atomic E-state index is -3.49. The Kier molecular flexibility index (Phi) is 5.96. The van der Waals surface area contributed by atoms with Crippen molar-refractivity contribution in [1.82, 2.24) is 4.72 Å². The highest BCUT2D eigenvalue weighted by Gasteiger charge is 2.16. The molecule has 0 bridgehead atoms. The van der Waals surface area contributed by atoms with Gasteiger partial charge in [-0.05, 0) is 24.6 Å². The standard InChI is InChI=1S/C11H14ClF2NO3S/c1-8(15-19(16,17)6-5-12)9-3-2-4-10(7-9)18-11(13)14/h2-4,7-8,11,15H,5-6H2,1H3. The monoisotopic (exact) mass is 313 g/mol. The molecule has 8 heteroatoms. The van der Waals surface area contributed by atoms with Gasteiger partial charge in [-0.15, -0.1) is 11.6 Å². The van der Waals surface area contributed by atoms with Crippen molar-refractivity contribution < 1.29 is 21.9 Å². The molecule has 19 heavy (non-hydrogen) atoms. The Balaban J connectivity index is 2.79. The lowest BCUT2D eigenvalue weighted by Crippen LogP contribution is -2.29. The minimum Gasteiger partial charge on any atom is -0.435 e. The molecule has 0 aliphatic rings. The van der Waals surface area contributed by atoms with Crippen LogP contribution >= 0.6 is 11.6 Å². The van der Waals surface area contributed by atoms with Crippen molar-refractivity contribution in [2.75, 3.05) is 11.6 Å². The van der Waals surface area contributed by atoms with E-state index in [4.69, 9.17) is 11.6 Å². The number of rotatable bonds is 7. The third kappa shape index (κ3) is 5.71. The van der Waals surface area contributed by atoms with E-state index >= 15 is 0 Å². The molecule has 1 rings (SSSR count). The number of nitrogens with one attached hydrogen (secondary N) is 1. The van der Waals surface area contributed by atoms with Crippen molar-refractivity contribution in [2.45, 2.75) is 19.6 Å². The van der Waals surface area contributed by atoms with Crippen molar-refractivity contribution in [2.24, 2.45) is 0 Å². The summed E-state index contributed by atoms with van der Waals surface area (Å²) in [5.41, 5.74) is 0.524. The molecule has 0 saturated carbocycles. The Labute approximate surface area is 115 Å². The van der Waals surface area contributed by atoms with Gasteiger partial charge in [-0.25, -0.2) is 13.1 Å². The Morgan fingerprint density at radius 2 is 2.11 bits per heavy atom. The Bertz CT molecular complexity index is 510. The van der Waals surface area contributed by atoms with E-state index in [1.165, 1.54) is 18.2 Å². The molecular weight excluding hydrogens is 300 g/mol. The van der Waals surface area contributed by atoms with Crippen molar-refractivity contribution in [3.8, 4) is 5.75 Å². The first-order chi connectivity index (χ1) is 8.84. The lowest BCUT2D eigenvalue weighted by atomic mass is 10.1. The second-order valence-corrected chi connectivity index (χ2v) is 6.05. The fourth-order valence-corrected chi connectivity index (χ4v) is 3.06. The second-order valence-electron chi connectivity index (χ2n) is 3.80. The Hall–Kier alpha value is -0.920. The highest BCUT2D eigenvalue weighted by atomic mass is 35.5. The molecule has 0 amide bonds. The van der Waals surface area contributed by atoms with Crippen LogP contribution in [0.1, 0.15) is 18.5 Å². The van der Waals surface area contributed by atoms with Gasteiger partial charge < -0.3 is 4.74 Å². The number of benzene rings is 1. The molecule has 0 spiro atoms. The van der Waals surface area contributed by atoms with Gasteiger partial charge in [0.1, 0.15) is 5.75 Å². The quantitative estimate of drug-likeness (QED) is 0.787. The van der Waals surface area contributed by atoms with Gasteiger partial charge in [0.25, 0.3) is 0 Å². The summed E-state index contributed by atoms with van der Waals surface area (Å²) in [4.78, 5) is 0. The summed E-state index contributed by atoms with van der Waals surface area (Å²) in [5.74, 6) is -0.237. The van der Waals surface area contributed by atoms with Gasteiger partial charge in [0.15, 0.2) is 0 Å². The normalized spacial score (nSPS) is 13.5. The zero-order valence-electron chi connectivity index (χ0n) is 10.1. The van der Waals surface area contributed by atoms with Crippen LogP contribution in [0.2, 0.25) is 0 Å². The van der Waals surface area contributed by atoms with E-state index in [2.05, 4.69) is 9.46 Å². The highest BCUT2D eigenvalue weighted by Crippen LogP contribution is 2.21. The van der Waals surface area contributed by atoms with Crippen molar-refractivity contribution >= 4 is 21.6 Å². The van der Waals surface area contributed by atoms with Gasteiger partial charge in [0.05, 0.1) is 5.75 Å². The first-order valence-electron chi connectivity index (χ1n) is 5.45.